The number of carbonyl (C=O) groups is 1. The molecule has 3 aromatic carbocycles. The molecule has 1 saturated heterocycles. The molecule has 0 saturated carbocycles. The summed E-state index contributed by atoms with van der Waals surface area (Å²) in [4.78, 5) is 12.8. The number of methoxy groups -OCH3 is 1. The Bertz CT molecular complexity index is 1080. The van der Waals surface area contributed by atoms with Gasteiger partial charge in [0.15, 0.2) is 11.5 Å². The second kappa shape index (κ2) is 10.7. The highest BCUT2D eigenvalue weighted by atomic mass is 16.5. The third kappa shape index (κ3) is 5.96. The number of hydrogen-bond donors (Lipinski definition) is 3. The fraction of sp³-hybridized carbons (Fsp3) is 0.269. The van der Waals surface area contributed by atoms with Crippen molar-refractivity contribution >= 4 is 17.3 Å². The van der Waals surface area contributed by atoms with E-state index in [-0.39, 0.29) is 5.91 Å². The minimum atomic E-state index is -0.318. The Labute approximate surface area is 193 Å². The molecule has 172 valence electrons. The standard InChI is InChI=1S/C26H29N3O4/c1-31-25-16-19(9-12-24(25)32-15-13-18-6-5-14-28-18)29-26(30)22-11-10-21(17-23(22)27)33-20-7-3-2-4-8-20/h2-4,7-12,16-18,28H,5-6,13-15,27H2,1H3,(H,29,30). The number of benzene rings is 3. The molecule has 4 N–H and O–H groups in total. The monoisotopic (exact) mass is 447 g/mol. The third-order valence-electron chi connectivity index (χ3n) is 5.55. The van der Waals surface area contributed by atoms with Crippen LogP contribution in [0.3, 0.4) is 0 Å². The van der Waals surface area contributed by atoms with Gasteiger partial charge >= 0.3 is 0 Å². The van der Waals surface area contributed by atoms with Crippen molar-refractivity contribution in [2.45, 2.75) is 25.3 Å². The first kappa shape index (κ1) is 22.5. The van der Waals surface area contributed by atoms with E-state index in [1.807, 2.05) is 30.3 Å². The van der Waals surface area contributed by atoms with E-state index in [1.165, 1.54) is 12.8 Å². The van der Waals surface area contributed by atoms with Crippen molar-refractivity contribution in [3.05, 3.63) is 72.3 Å². The van der Waals surface area contributed by atoms with Crippen molar-refractivity contribution in [2.24, 2.45) is 0 Å². The van der Waals surface area contributed by atoms with E-state index in [0.717, 1.165) is 13.0 Å². The summed E-state index contributed by atoms with van der Waals surface area (Å²) in [5.74, 6) is 2.15. The molecule has 0 aliphatic carbocycles. The van der Waals surface area contributed by atoms with Crippen LogP contribution >= 0.6 is 0 Å². The number of nitrogens with one attached hydrogen (secondary N) is 2. The van der Waals surface area contributed by atoms with Crippen LogP contribution in [0.2, 0.25) is 0 Å². The number of rotatable bonds is 9. The second-order valence-electron chi connectivity index (χ2n) is 7.91. The third-order valence-corrected chi connectivity index (χ3v) is 5.55. The molecule has 1 amide bonds. The van der Waals surface area contributed by atoms with E-state index in [2.05, 4.69) is 10.6 Å². The van der Waals surface area contributed by atoms with Gasteiger partial charge in [0.1, 0.15) is 11.5 Å². The van der Waals surface area contributed by atoms with E-state index < -0.39 is 0 Å². The summed E-state index contributed by atoms with van der Waals surface area (Å²) in [7, 11) is 1.58. The van der Waals surface area contributed by atoms with Gasteiger partial charge in [-0.2, -0.15) is 0 Å². The molecule has 1 atom stereocenters. The Morgan fingerprint density at radius 1 is 1.06 bits per heavy atom. The van der Waals surface area contributed by atoms with Crippen LogP contribution in [0.1, 0.15) is 29.6 Å². The van der Waals surface area contributed by atoms with Crippen LogP contribution in [0.15, 0.2) is 66.7 Å². The molecule has 3 aromatic rings. The Balaban J connectivity index is 1.38. The summed E-state index contributed by atoms with van der Waals surface area (Å²) in [6, 6.07) is 20.2. The highest BCUT2D eigenvalue weighted by Crippen LogP contribution is 2.31. The summed E-state index contributed by atoms with van der Waals surface area (Å²) in [6.45, 7) is 1.68. The molecule has 7 heteroatoms. The van der Waals surface area contributed by atoms with Crippen molar-refractivity contribution in [3.8, 4) is 23.0 Å². The van der Waals surface area contributed by atoms with Gasteiger partial charge < -0.3 is 30.6 Å². The molecule has 1 aliphatic rings. The van der Waals surface area contributed by atoms with E-state index in [1.54, 1.807) is 43.5 Å². The van der Waals surface area contributed by atoms with Gasteiger partial charge in [-0.05, 0) is 62.2 Å². The first-order valence-electron chi connectivity index (χ1n) is 11.1. The van der Waals surface area contributed by atoms with E-state index >= 15 is 0 Å². The predicted octanol–water partition coefficient (Wildman–Crippen LogP) is 4.84. The zero-order chi connectivity index (χ0) is 23.0. The Kier molecular flexibility index (Phi) is 7.32. The number of nitrogen functional groups attached to an aromatic ring is 1. The maximum Gasteiger partial charge on any atom is 0.257 e. The number of hydrogen-bond acceptors (Lipinski definition) is 6. The van der Waals surface area contributed by atoms with Crippen LogP contribution in [0, 0.1) is 0 Å². The van der Waals surface area contributed by atoms with E-state index in [0.29, 0.717) is 52.6 Å². The van der Waals surface area contributed by atoms with E-state index in [9.17, 15) is 4.79 Å². The average Bonchev–Trinajstić information content (AvgIpc) is 3.34. The average molecular weight is 448 g/mol. The molecular formula is C26H29N3O4. The summed E-state index contributed by atoms with van der Waals surface area (Å²) in [5.41, 5.74) is 7.40. The van der Waals surface area contributed by atoms with Gasteiger partial charge in [0.05, 0.1) is 19.3 Å². The molecule has 7 nitrogen and oxygen atoms in total. The Morgan fingerprint density at radius 3 is 2.64 bits per heavy atom. The lowest BCUT2D eigenvalue weighted by atomic mass is 10.1. The van der Waals surface area contributed by atoms with Crippen LogP contribution in [-0.4, -0.2) is 32.2 Å². The Hall–Kier alpha value is -3.71. The van der Waals surface area contributed by atoms with Crippen LogP contribution in [0.5, 0.6) is 23.0 Å². The van der Waals surface area contributed by atoms with E-state index in [4.69, 9.17) is 19.9 Å². The summed E-state index contributed by atoms with van der Waals surface area (Å²) in [6.07, 6.45) is 3.36. The van der Waals surface area contributed by atoms with Crippen molar-refractivity contribution in [3.63, 3.8) is 0 Å². The van der Waals surface area contributed by atoms with Gasteiger partial charge in [0.2, 0.25) is 0 Å². The summed E-state index contributed by atoms with van der Waals surface area (Å²) in [5, 5.41) is 6.33. The summed E-state index contributed by atoms with van der Waals surface area (Å²) < 4.78 is 17.1. The molecule has 1 heterocycles. The van der Waals surface area contributed by atoms with Crippen LogP contribution in [0.4, 0.5) is 11.4 Å². The lowest BCUT2D eigenvalue weighted by Gasteiger charge is -2.15. The number of anilines is 2. The Morgan fingerprint density at radius 2 is 1.91 bits per heavy atom. The normalized spacial score (nSPS) is 15.1. The first-order valence-corrected chi connectivity index (χ1v) is 11.1. The second-order valence-corrected chi connectivity index (χ2v) is 7.91. The number of carbonyl (C=O) groups excluding carboxylic acids is 1. The minimum Gasteiger partial charge on any atom is -0.493 e. The van der Waals surface area contributed by atoms with Crippen molar-refractivity contribution in [2.75, 3.05) is 31.3 Å². The van der Waals surface area contributed by atoms with Gasteiger partial charge in [0, 0.05) is 29.5 Å². The number of nitrogens with two attached hydrogens (primary N) is 1. The molecule has 1 unspecified atom stereocenters. The lowest BCUT2D eigenvalue weighted by molar-refractivity contribution is 0.102. The van der Waals surface area contributed by atoms with Gasteiger partial charge in [-0.3, -0.25) is 4.79 Å². The van der Waals surface area contributed by atoms with Crippen LogP contribution in [0.25, 0.3) is 0 Å². The molecule has 4 rings (SSSR count). The molecule has 0 bridgehead atoms. The molecule has 0 aromatic heterocycles. The minimum absolute atomic E-state index is 0.318. The largest absolute Gasteiger partial charge is 0.493 e. The fourth-order valence-corrected chi connectivity index (χ4v) is 3.81. The van der Waals surface area contributed by atoms with Gasteiger partial charge in [0.25, 0.3) is 5.91 Å². The summed E-state index contributed by atoms with van der Waals surface area (Å²) >= 11 is 0. The molecule has 33 heavy (non-hydrogen) atoms. The lowest BCUT2D eigenvalue weighted by Crippen LogP contribution is -2.23. The molecule has 0 radical (unpaired) electrons. The van der Waals surface area contributed by atoms with Gasteiger partial charge in [-0.1, -0.05) is 18.2 Å². The number of ether oxygens (including phenoxy) is 3. The van der Waals surface area contributed by atoms with Crippen molar-refractivity contribution < 1.29 is 19.0 Å². The highest BCUT2D eigenvalue weighted by molar-refractivity contribution is 6.08. The molecule has 0 spiro atoms. The SMILES string of the molecule is COc1cc(NC(=O)c2ccc(Oc3ccccc3)cc2N)ccc1OCCC1CCCN1. The zero-order valence-corrected chi connectivity index (χ0v) is 18.7. The molecular weight excluding hydrogens is 418 g/mol. The number of para-hydroxylation sites is 1. The fourth-order valence-electron chi connectivity index (χ4n) is 3.81. The van der Waals surface area contributed by atoms with Gasteiger partial charge in [-0.15, -0.1) is 0 Å². The quantitative estimate of drug-likeness (QED) is 0.406. The topological polar surface area (TPSA) is 94.8 Å². The van der Waals surface area contributed by atoms with Crippen molar-refractivity contribution in [1.29, 1.82) is 0 Å². The van der Waals surface area contributed by atoms with Gasteiger partial charge in [-0.25, -0.2) is 0 Å². The zero-order valence-electron chi connectivity index (χ0n) is 18.7. The van der Waals surface area contributed by atoms with Crippen LogP contribution < -0.4 is 30.6 Å². The highest BCUT2D eigenvalue weighted by Gasteiger charge is 2.16. The smallest absolute Gasteiger partial charge is 0.257 e. The predicted molar refractivity (Wildman–Crippen MR) is 129 cm³/mol. The maximum absolute atomic E-state index is 12.8. The van der Waals surface area contributed by atoms with Crippen LogP contribution in [-0.2, 0) is 0 Å². The molecule has 1 fully saturated rings. The van der Waals surface area contributed by atoms with Crippen molar-refractivity contribution in [1.82, 2.24) is 5.32 Å². The molecule has 1 aliphatic heterocycles. The number of amides is 1. The maximum atomic E-state index is 12.8. The first-order chi connectivity index (χ1) is 16.1.